The van der Waals surface area contributed by atoms with Crippen molar-refractivity contribution in [1.29, 1.82) is 0 Å². The quantitative estimate of drug-likeness (QED) is 0.264. The molecule has 0 heterocycles. The number of ether oxygens (including phenoxy) is 1. The molecule has 0 radical (unpaired) electrons. The van der Waals surface area contributed by atoms with Crippen molar-refractivity contribution in [3.63, 3.8) is 0 Å². The summed E-state index contributed by atoms with van der Waals surface area (Å²) < 4.78 is 5.29. The molecule has 3 amide bonds. The topological polar surface area (TPSA) is 134 Å². The first-order valence-corrected chi connectivity index (χ1v) is 10.3. The average molecular weight is 429 g/mol. The SMILES string of the molecule is CCCNC(=O)C(CC(=O)NCCOCCC)NC(=O)CN(CC(C)=O)CC(C)=O. The maximum atomic E-state index is 12.4. The van der Waals surface area contributed by atoms with E-state index < -0.39 is 23.8 Å². The van der Waals surface area contributed by atoms with Gasteiger partial charge in [-0.2, -0.15) is 0 Å². The second-order valence-electron chi connectivity index (χ2n) is 7.13. The molecule has 0 spiro atoms. The summed E-state index contributed by atoms with van der Waals surface area (Å²) in [5.41, 5.74) is 0. The molecule has 172 valence electrons. The number of carbonyl (C=O) groups is 5. The number of ketones is 2. The summed E-state index contributed by atoms with van der Waals surface area (Å²) in [4.78, 5) is 61.1. The van der Waals surface area contributed by atoms with Crippen LogP contribution in [0.4, 0.5) is 0 Å². The van der Waals surface area contributed by atoms with Crippen LogP contribution in [0, 0.1) is 0 Å². The maximum Gasteiger partial charge on any atom is 0.243 e. The summed E-state index contributed by atoms with van der Waals surface area (Å²) in [5.74, 6) is -1.78. The Morgan fingerprint density at radius 2 is 1.43 bits per heavy atom. The first kappa shape index (κ1) is 27.7. The molecule has 3 N–H and O–H groups in total. The lowest BCUT2D eigenvalue weighted by atomic mass is 10.1. The lowest BCUT2D eigenvalue weighted by Crippen LogP contribution is -2.52. The molecule has 10 heteroatoms. The normalized spacial score (nSPS) is 11.6. The third-order valence-corrected chi connectivity index (χ3v) is 3.77. The molecule has 10 nitrogen and oxygen atoms in total. The lowest BCUT2D eigenvalue weighted by molar-refractivity contribution is -0.132. The summed E-state index contributed by atoms with van der Waals surface area (Å²) in [7, 11) is 0. The molecule has 0 aliphatic rings. The number of rotatable bonds is 17. The first-order chi connectivity index (χ1) is 14.2. The van der Waals surface area contributed by atoms with Gasteiger partial charge in [-0.25, -0.2) is 0 Å². The van der Waals surface area contributed by atoms with Gasteiger partial charge in [0.2, 0.25) is 17.7 Å². The van der Waals surface area contributed by atoms with Gasteiger partial charge in [-0.15, -0.1) is 0 Å². The van der Waals surface area contributed by atoms with Crippen LogP contribution in [0.15, 0.2) is 0 Å². The van der Waals surface area contributed by atoms with Crippen LogP contribution in [0.1, 0.15) is 47.0 Å². The third-order valence-electron chi connectivity index (χ3n) is 3.77. The molecule has 0 rings (SSSR count). The van der Waals surface area contributed by atoms with Gasteiger partial charge >= 0.3 is 0 Å². The molecule has 0 saturated heterocycles. The van der Waals surface area contributed by atoms with Crippen LogP contribution in [0.3, 0.4) is 0 Å². The van der Waals surface area contributed by atoms with Crippen molar-refractivity contribution >= 4 is 29.3 Å². The van der Waals surface area contributed by atoms with Crippen molar-refractivity contribution in [2.24, 2.45) is 0 Å². The van der Waals surface area contributed by atoms with Crippen molar-refractivity contribution in [3.8, 4) is 0 Å². The van der Waals surface area contributed by atoms with Gasteiger partial charge in [0.1, 0.15) is 17.6 Å². The summed E-state index contributed by atoms with van der Waals surface area (Å²) in [6.07, 6.45) is 1.36. The number of hydrogen-bond acceptors (Lipinski definition) is 7. The Kier molecular flexibility index (Phi) is 15.2. The smallest absolute Gasteiger partial charge is 0.243 e. The Balaban J connectivity index is 4.87. The number of amides is 3. The van der Waals surface area contributed by atoms with Gasteiger partial charge in [0, 0.05) is 19.7 Å². The largest absolute Gasteiger partial charge is 0.380 e. The lowest BCUT2D eigenvalue weighted by Gasteiger charge is -2.22. The Bertz CT molecular complexity index is 566. The van der Waals surface area contributed by atoms with Crippen molar-refractivity contribution in [3.05, 3.63) is 0 Å². The molecule has 0 fully saturated rings. The van der Waals surface area contributed by atoms with Crippen molar-refractivity contribution in [2.45, 2.75) is 53.0 Å². The van der Waals surface area contributed by atoms with E-state index in [0.717, 1.165) is 6.42 Å². The van der Waals surface area contributed by atoms with Crippen LogP contribution in [0.25, 0.3) is 0 Å². The van der Waals surface area contributed by atoms with Crippen LogP contribution >= 0.6 is 0 Å². The second-order valence-corrected chi connectivity index (χ2v) is 7.13. The molecule has 0 saturated carbocycles. The summed E-state index contributed by atoms with van der Waals surface area (Å²) in [6, 6.07) is -1.06. The van der Waals surface area contributed by atoms with E-state index in [4.69, 9.17) is 4.74 Å². The fourth-order valence-corrected chi connectivity index (χ4v) is 2.59. The van der Waals surface area contributed by atoms with Gasteiger partial charge in [-0.1, -0.05) is 13.8 Å². The van der Waals surface area contributed by atoms with E-state index in [0.29, 0.717) is 32.7 Å². The van der Waals surface area contributed by atoms with E-state index in [-0.39, 0.29) is 37.6 Å². The number of nitrogens with one attached hydrogen (secondary N) is 3. The van der Waals surface area contributed by atoms with Gasteiger partial charge in [-0.3, -0.25) is 28.9 Å². The average Bonchev–Trinajstić information content (AvgIpc) is 2.64. The molecule has 0 aromatic heterocycles. The zero-order valence-electron chi connectivity index (χ0n) is 18.5. The molecule has 1 unspecified atom stereocenters. The molecule has 30 heavy (non-hydrogen) atoms. The fraction of sp³-hybridized carbons (Fsp3) is 0.750. The molecular weight excluding hydrogens is 392 g/mol. The highest BCUT2D eigenvalue weighted by atomic mass is 16.5. The van der Waals surface area contributed by atoms with Gasteiger partial charge in [0.05, 0.1) is 32.7 Å². The Morgan fingerprint density at radius 1 is 0.800 bits per heavy atom. The molecule has 0 aliphatic carbocycles. The zero-order valence-corrected chi connectivity index (χ0v) is 18.5. The van der Waals surface area contributed by atoms with Crippen LogP contribution in [0.2, 0.25) is 0 Å². The Morgan fingerprint density at radius 3 is 1.97 bits per heavy atom. The van der Waals surface area contributed by atoms with Crippen molar-refractivity contribution in [2.75, 3.05) is 45.9 Å². The van der Waals surface area contributed by atoms with Gasteiger partial charge in [-0.05, 0) is 26.7 Å². The number of nitrogens with zero attached hydrogens (tertiary/aromatic N) is 1. The number of carbonyl (C=O) groups excluding carboxylic acids is 5. The van der Waals surface area contributed by atoms with E-state index >= 15 is 0 Å². The predicted octanol–water partition coefficient (Wildman–Crippen LogP) is -0.590. The first-order valence-electron chi connectivity index (χ1n) is 10.3. The highest BCUT2D eigenvalue weighted by Crippen LogP contribution is 1.97. The molecule has 0 aromatic carbocycles. The highest BCUT2D eigenvalue weighted by molar-refractivity contribution is 5.92. The minimum Gasteiger partial charge on any atom is -0.380 e. The predicted molar refractivity (Wildman–Crippen MR) is 112 cm³/mol. The van der Waals surface area contributed by atoms with E-state index in [1.165, 1.54) is 18.7 Å². The van der Waals surface area contributed by atoms with Crippen molar-refractivity contribution in [1.82, 2.24) is 20.9 Å². The summed E-state index contributed by atoms with van der Waals surface area (Å²) in [6.45, 7) is 7.93. The van der Waals surface area contributed by atoms with Crippen molar-refractivity contribution < 1.29 is 28.7 Å². The summed E-state index contributed by atoms with van der Waals surface area (Å²) >= 11 is 0. The monoisotopic (exact) mass is 428 g/mol. The molecule has 1 atom stereocenters. The third kappa shape index (κ3) is 14.6. The van der Waals surface area contributed by atoms with Crippen LogP contribution in [0.5, 0.6) is 0 Å². The zero-order chi connectivity index (χ0) is 22.9. The standard InChI is InChI=1S/C20H36N4O6/c1-5-7-22-20(29)17(11-18(27)21-8-10-30-9-6-2)23-19(28)14-24(12-15(3)25)13-16(4)26/h17H,5-14H2,1-4H3,(H,21,27)(H,22,29)(H,23,28). The number of hydrogen-bond donors (Lipinski definition) is 3. The second kappa shape index (κ2) is 16.5. The van der Waals surface area contributed by atoms with E-state index in [1.54, 1.807) is 0 Å². The van der Waals surface area contributed by atoms with Crippen LogP contribution in [-0.2, 0) is 28.7 Å². The van der Waals surface area contributed by atoms with Gasteiger partial charge in [0.15, 0.2) is 0 Å². The van der Waals surface area contributed by atoms with E-state index in [9.17, 15) is 24.0 Å². The molecule has 0 aromatic rings. The molecule has 0 bridgehead atoms. The van der Waals surface area contributed by atoms with E-state index in [2.05, 4.69) is 16.0 Å². The minimum atomic E-state index is -1.06. The van der Waals surface area contributed by atoms with Crippen LogP contribution < -0.4 is 16.0 Å². The highest BCUT2D eigenvalue weighted by Gasteiger charge is 2.25. The van der Waals surface area contributed by atoms with Gasteiger partial charge < -0.3 is 20.7 Å². The molecular formula is C20H36N4O6. The van der Waals surface area contributed by atoms with E-state index in [1.807, 2.05) is 13.8 Å². The summed E-state index contributed by atoms with van der Waals surface area (Å²) in [5, 5.41) is 7.86. The fourth-order valence-electron chi connectivity index (χ4n) is 2.59. The Labute approximate surface area is 178 Å². The Hall–Kier alpha value is -2.33. The minimum absolute atomic E-state index is 0.0576. The van der Waals surface area contributed by atoms with Crippen LogP contribution in [-0.4, -0.2) is 86.2 Å². The van der Waals surface area contributed by atoms with Gasteiger partial charge in [0.25, 0.3) is 0 Å². The number of Topliss-reactive ketones (excluding diaryl/α,β-unsaturated/α-hetero) is 2. The molecule has 0 aliphatic heterocycles. The maximum absolute atomic E-state index is 12.4.